The second-order valence-electron chi connectivity index (χ2n) is 8.12. The lowest BCUT2D eigenvalue weighted by molar-refractivity contribution is 0.217. The molecule has 3 atom stereocenters. The SMILES string of the molecule is Cc1ccc(C2Nc3c(OCCOc4ccccc4)cccc3C3C=CCC32)cc1. The molecule has 1 heterocycles. The molecule has 3 aromatic rings. The van der Waals surface area contributed by atoms with Crippen molar-refractivity contribution in [2.75, 3.05) is 18.5 Å². The Bertz CT molecular complexity index is 1030. The van der Waals surface area contributed by atoms with Gasteiger partial charge in [0.25, 0.3) is 0 Å². The van der Waals surface area contributed by atoms with Crippen LogP contribution < -0.4 is 14.8 Å². The van der Waals surface area contributed by atoms with E-state index >= 15 is 0 Å². The molecule has 3 aromatic carbocycles. The molecule has 0 radical (unpaired) electrons. The van der Waals surface area contributed by atoms with Gasteiger partial charge in [0.05, 0.1) is 11.7 Å². The van der Waals surface area contributed by atoms with Gasteiger partial charge in [0.2, 0.25) is 0 Å². The predicted octanol–water partition coefficient (Wildman–Crippen LogP) is 6.28. The Kier molecular flexibility index (Phi) is 5.18. The van der Waals surface area contributed by atoms with Crippen LogP contribution in [0.3, 0.4) is 0 Å². The number of hydrogen-bond donors (Lipinski definition) is 1. The number of para-hydroxylation sites is 2. The fraction of sp³-hybridized carbons (Fsp3) is 0.259. The molecule has 0 fully saturated rings. The zero-order chi connectivity index (χ0) is 20.3. The maximum absolute atomic E-state index is 6.17. The van der Waals surface area contributed by atoms with Crippen molar-refractivity contribution in [2.24, 2.45) is 5.92 Å². The third-order valence-electron chi connectivity index (χ3n) is 6.15. The van der Waals surface area contributed by atoms with E-state index in [4.69, 9.17) is 9.47 Å². The first-order valence-electron chi connectivity index (χ1n) is 10.7. The third kappa shape index (κ3) is 3.68. The number of ether oxygens (including phenoxy) is 2. The van der Waals surface area contributed by atoms with Gasteiger partial charge in [0.1, 0.15) is 24.7 Å². The van der Waals surface area contributed by atoms with Gasteiger partial charge in [0, 0.05) is 5.92 Å². The Morgan fingerprint density at radius 2 is 1.67 bits per heavy atom. The molecule has 0 bridgehead atoms. The summed E-state index contributed by atoms with van der Waals surface area (Å²) in [6.07, 6.45) is 5.80. The Labute approximate surface area is 178 Å². The van der Waals surface area contributed by atoms with Crippen LogP contribution in [0.2, 0.25) is 0 Å². The van der Waals surface area contributed by atoms with Crippen LogP contribution in [0.5, 0.6) is 11.5 Å². The molecule has 152 valence electrons. The number of hydrogen-bond acceptors (Lipinski definition) is 3. The summed E-state index contributed by atoms with van der Waals surface area (Å²) in [4.78, 5) is 0. The molecule has 5 rings (SSSR count). The van der Waals surface area contributed by atoms with Crippen LogP contribution in [0.1, 0.15) is 35.1 Å². The first kappa shape index (κ1) is 18.8. The Morgan fingerprint density at radius 1 is 0.867 bits per heavy atom. The molecular weight excluding hydrogens is 370 g/mol. The monoisotopic (exact) mass is 397 g/mol. The van der Waals surface area contributed by atoms with E-state index < -0.39 is 0 Å². The van der Waals surface area contributed by atoms with Gasteiger partial charge in [-0.2, -0.15) is 0 Å². The first-order valence-corrected chi connectivity index (χ1v) is 10.7. The third-order valence-corrected chi connectivity index (χ3v) is 6.15. The summed E-state index contributed by atoms with van der Waals surface area (Å²) in [6, 6.07) is 25.4. The average molecular weight is 398 g/mol. The van der Waals surface area contributed by atoms with Crippen molar-refractivity contribution >= 4 is 5.69 Å². The number of aryl methyl sites for hydroxylation is 1. The molecule has 2 aliphatic rings. The van der Waals surface area contributed by atoms with Gasteiger partial charge in [0.15, 0.2) is 0 Å². The van der Waals surface area contributed by atoms with E-state index in [9.17, 15) is 0 Å². The van der Waals surface area contributed by atoms with Crippen molar-refractivity contribution < 1.29 is 9.47 Å². The van der Waals surface area contributed by atoms with Gasteiger partial charge < -0.3 is 14.8 Å². The minimum atomic E-state index is 0.281. The molecule has 3 unspecified atom stereocenters. The van der Waals surface area contributed by atoms with Gasteiger partial charge in [-0.05, 0) is 48.6 Å². The molecule has 30 heavy (non-hydrogen) atoms. The topological polar surface area (TPSA) is 30.5 Å². The highest BCUT2D eigenvalue weighted by atomic mass is 16.5. The summed E-state index contributed by atoms with van der Waals surface area (Å²) in [6.45, 7) is 3.16. The first-order chi connectivity index (χ1) is 14.8. The lowest BCUT2D eigenvalue weighted by Gasteiger charge is -2.38. The van der Waals surface area contributed by atoms with Crippen molar-refractivity contribution in [2.45, 2.75) is 25.3 Å². The molecule has 0 amide bonds. The molecule has 0 spiro atoms. The Hall–Kier alpha value is -3.20. The molecule has 3 nitrogen and oxygen atoms in total. The number of rotatable bonds is 6. The summed E-state index contributed by atoms with van der Waals surface area (Å²) >= 11 is 0. The Morgan fingerprint density at radius 3 is 2.50 bits per heavy atom. The number of allylic oxidation sites excluding steroid dienone is 2. The summed E-state index contributed by atoms with van der Waals surface area (Å²) in [5, 5.41) is 3.83. The van der Waals surface area contributed by atoms with Gasteiger partial charge in [-0.1, -0.05) is 72.3 Å². The van der Waals surface area contributed by atoms with Crippen LogP contribution in [0.25, 0.3) is 0 Å². The van der Waals surface area contributed by atoms with Crippen molar-refractivity contribution in [1.29, 1.82) is 0 Å². The molecule has 0 saturated heterocycles. The minimum Gasteiger partial charge on any atom is -0.490 e. The number of fused-ring (bicyclic) bond motifs is 3. The zero-order valence-electron chi connectivity index (χ0n) is 17.3. The molecular formula is C27H27NO2. The number of anilines is 1. The maximum atomic E-state index is 6.17. The highest BCUT2D eigenvalue weighted by Crippen LogP contribution is 2.52. The number of nitrogens with one attached hydrogen (secondary N) is 1. The van der Waals surface area contributed by atoms with Crippen LogP contribution in [0, 0.1) is 12.8 Å². The molecule has 1 N–H and O–H groups in total. The van der Waals surface area contributed by atoms with Gasteiger partial charge in [-0.3, -0.25) is 0 Å². The largest absolute Gasteiger partial charge is 0.490 e. The van der Waals surface area contributed by atoms with Gasteiger partial charge in [-0.15, -0.1) is 0 Å². The van der Waals surface area contributed by atoms with Crippen LogP contribution in [-0.2, 0) is 0 Å². The van der Waals surface area contributed by atoms with Crippen LogP contribution >= 0.6 is 0 Å². The smallest absolute Gasteiger partial charge is 0.142 e. The molecule has 0 aromatic heterocycles. The fourth-order valence-corrected chi connectivity index (χ4v) is 4.64. The highest BCUT2D eigenvalue weighted by molar-refractivity contribution is 5.67. The van der Waals surface area contributed by atoms with Crippen molar-refractivity contribution in [1.82, 2.24) is 0 Å². The fourth-order valence-electron chi connectivity index (χ4n) is 4.64. The summed E-state index contributed by atoms with van der Waals surface area (Å²) in [5.74, 6) is 2.74. The van der Waals surface area contributed by atoms with Gasteiger partial charge in [-0.25, -0.2) is 0 Å². The molecule has 3 heteroatoms. The lowest BCUT2D eigenvalue weighted by Crippen LogP contribution is -2.29. The van der Waals surface area contributed by atoms with E-state index in [0.717, 1.165) is 23.6 Å². The van der Waals surface area contributed by atoms with Crippen LogP contribution in [0.4, 0.5) is 5.69 Å². The van der Waals surface area contributed by atoms with E-state index in [2.05, 4.69) is 66.9 Å². The average Bonchev–Trinajstić information content (AvgIpc) is 3.28. The van der Waals surface area contributed by atoms with Crippen molar-refractivity contribution in [3.05, 3.63) is 102 Å². The van der Waals surface area contributed by atoms with E-state index in [1.165, 1.54) is 16.7 Å². The van der Waals surface area contributed by atoms with Crippen molar-refractivity contribution in [3.8, 4) is 11.5 Å². The molecule has 0 saturated carbocycles. The van der Waals surface area contributed by atoms with Crippen LogP contribution in [0.15, 0.2) is 84.9 Å². The highest BCUT2D eigenvalue weighted by Gasteiger charge is 2.38. The number of benzene rings is 3. The standard InChI is InChI=1S/C27H27NO2/c1-19-13-15-20(16-14-19)26-23-10-5-9-22(23)24-11-6-12-25(27(24)28-26)30-18-17-29-21-7-3-2-4-8-21/h2-9,11-16,22-23,26,28H,10,17-18H2,1H3. The van der Waals surface area contributed by atoms with E-state index in [0.29, 0.717) is 25.0 Å². The maximum Gasteiger partial charge on any atom is 0.142 e. The van der Waals surface area contributed by atoms with E-state index in [1.807, 2.05) is 30.3 Å². The minimum absolute atomic E-state index is 0.281. The van der Waals surface area contributed by atoms with Crippen molar-refractivity contribution in [3.63, 3.8) is 0 Å². The lowest BCUT2D eigenvalue weighted by atomic mass is 9.77. The van der Waals surface area contributed by atoms with Crippen LogP contribution in [-0.4, -0.2) is 13.2 Å². The summed E-state index contributed by atoms with van der Waals surface area (Å²) in [7, 11) is 0. The van der Waals surface area contributed by atoms with Gasteiger partial charge >= 0.3 is 0 Å². The summed E-state index contributed by atoms with van der Waals surface area (Å²) < 4.78 is 12.0. The quantitative estimate of drug-likeness (QED) is 0.392. The molecule has 1 aliphatic heterocycles. The molecule has 1 aliphatic carbocycles. The predicted molar refractivity (Wildman–Crippen MR) is 121 cm³/mol. The normalized spacial score (nSPS) is 21.4. The van der Waals surface area contributed by atoms with E-state index in [-0.39, 0.29) is 6.04 Å². The second kappa shape index (κ2) is 8.27. The summed E-state index contributed by atoms with van der Waals surface area (Å²) in [5.41, 5.74) is 5.08. The Balaban J connectivity index is 1.35. The second-order valence-corrected chi connectivity index (χ2v) is 8.12. The van der Waals surface area contributed by atoms with E-state index in [1.54, 1.807) is 0 Å². The zero-order valence-corrected chi connectivity index (χ0v) is 17.3.